The predicted molar refractivity (Wildman–Crippen MR) is 191 cm³/mol. The largest absolute Gasteiger partial charge is 0.383 e. The maximum Gasteiger partial charge on any atom is 0.226 e. The number of H-pyrrole nitrogens is 1. The first kappa shape index (κ1) is 30.3. The molecule has 0 saturated heterocycles. The van der Waals surface area contributed by atoms with Crippen molar-refractivity contribution in [1.29, 1.82) is 0 Å². The Morgan fingerprint density at radius 2 is 1.35 bits per heavy atom. The van der Waals surface area contributed by atoms with Crippen LogP contribution in [0.2, 0.25) is 0 Å². The van der Waals surface area contributed by atoms with Gasteiger partial charge in [-0.1, -0.05) is 12.1 Å². The lowest BCUT2D eigenvalue weighted by Crippen LogP contribution is -2.08. The molecule has 0 spiro atoms. The fourth-order valence-electron chi connectivity index (χ4n) is 5.89. The van der Waals surface area contributed by atoms with Crippen LogP contribution in [0.15, 0.2) is 73.3 Å². The van der Waals surface area contributed by atoms with Crippen molar-refractivity contribution in [3.8, 4) is 0 Å². The van der Waals surface area contributed by atoms with Gasteiger partial charge in [-0.2, -0.15) is 19.9 Å². The highest BCUT2D eigenvalue weighted by atomic mass is 15.1. The summed E-state index contributed by atoms with van der Waals surface area (Å²) in [7, 11) is 0. The average Bonchev–Trinajstić information content (AvgIpc) is 3.72. The van der Waals surface area contributed by atoms with Gasteiger partial charge in [-0.25, -0.2) is 15.0 Å². The molecule has 0 bridgehead atoms. The van der Waals surface area contributed by atoms with Gasteiger partial charge in [0.15, 0.2) is 11.3 Å². The predicted octanol–water partition coefficient (Wildman–Crippen LogP) is 5.80. The molecule has 7 N–H and O–H groups in total. The minimum atomic E-state index is 0.437. The smallest absolute Gasteiger partial charge is 0.226 e. The molecule has 0 aliphatic heterocycles. The number of aromatic amines is 1. The van der Waals surface area contributed by atoms with E-state index in [9.17, 15) is 0 Å². The van der Waals surface area contributed by atoms with Crippen LogP contribution in [0.1, 0.15) is 33.6 Å². The number of nitrogen functional groups attached to an aromatic ring is 2. The topological polar surface area (TPSA) is 187 Å². The van der Waals surface area contributed by atoms with Crippen LogP contribution in [0.4, 0.5) is 23.5 Å². The van der Waals surface area contributed by atoms with Gasteiger partial charge in [-0.05, 0) is 86.2 Å². The number of nitrogens with two attached hydrogens (primary N) is 2. The van der Waals surface area contributed by atoms with Gasteiger partial charge in [0.05, 0.1) is 10.8 Å². The molecule has 8 aromatic rings. The Labute approximate surface area is 275 Å². The molecule has 0 saturated carbocycles. The number of aryl methyl sites for hydroxylation is 4. The van der Waals surface area contributed by atoms with Crippen molar-refractivity contribution in [2.24, 2.45) is 0 Å². The Balaban J connectivity index is 0.000000152. The molecule has 240 valence electrons. The monoisotopic (exact) mass is 637 g/mol. The van der Waals surface area contributed by atoms with Crippen LogP contribution in [-0.2, 0) is 13.1 Å². The number of rotatable bonds is 6. The number of nitrogens with zero attached hydrogens (tertiary/aromatic N) is 8. The van der Waals surface area contributed by atoms with Crippen molar-refractivity contribution in [2.75, 3.05) is 22.1 Å². The molecule has 13 nitrogen and oxygen atoms in total. The molecule has 7 heterocycles. The summed E-state index contributed by atoms with van der Waals surface area (Å²) in [6.45, 7) is 9.05. The molecule has 0 radical (unpaired) electrons. The Kier molecular flexibility index (Phi) is 7.85. The fraction of sp³-hybridized carbons (Fsp3) is 0.171. The summed E-state index contributed by atoms with van der Waals surface area (Å²) in [4.78, 5) is 34.2. The van der Waals surface area contributed by atoms with Gasteiger partial charge in [0, 0.05) is 60.3 Å². The van der Waals surface area contributed by atoms with E-state index in [0.717, 1.165) is 55.6 Å². The SMILES string of the molecule is Cc1cc(C)c2c(N)nc(NCc3ccc4[nH]ccc4c3)nc2n1.Cc1cc(C)c2c(N)nc(NCc3cccn4ccnc34)nc2n1. The summed E-state index contributed by atoms with van der Waals surface area (Å²) in [5, 5.41) is 9.26. The van der Waals surface area contributed by atoms with Crippen LogP contribution in [-0.4, -0.2) is 44.3 Å². The zero-order valence-corrected chi connectivity index (χ0v) is 27.1. The summed E-state index contributed by atoms with van der Waals surface area (Å²) < 4.78 is 1.97. The number of hydrogen-bond donors (Lipinski definition) is 5. The van der Waals surface area contributed by atoms with E-state index in [0.29, 0.717) is 47.9 Å². The van der Waals surface area contributed by atoms with Gasteiger partial charge in [0.25, 0.3) is 0 Å². The van der Waals surface area contributed by atoms with Gasteiger partial charge in [-0.15, -0.1) is 0 Å². The van der Waals surface area contributed by atoms with Crippen molar-refractivity contribution in [3.63, 3.8) is 0 Å². The van der Waals surface area contributed by atoms with Crippen LogP contribution < -0.4 is 22.1 Å². The first-order chi connectivity index (χ1) is 23.2. The van der Waals surface area contributed by atoms with Gasteiger partial charge in [-0.3, -0.25) is 0 Å². The zero-order valence-electron chi connectivity index (χ0n) is 27.1. The molecule has 1 aromatic carbocycles. The van der Waals surface area contributed by atoms with E-state index in [1.807, 2.05) is 75.0 Å². The Hall–Kier alpha value is -6.37. The van der Waals surface area contributed by atoms with Crippen LogP contribution in [0.5, 0.6) is 0 Å². The molecule has 0 aliphatic rings. The summed E-state index contributed by atoms with van der Waals surface area (Å²) in [5.74, 6) is 1.85. The maximum atomic E-state index is 6.10. The number of hydrogen-bond acceptors (Lipinski definition) is 11. The first-order valence-electron chi connectivity index (χ1n) is 15.5. The molecule has 0 unspecified atom stereocenters. The number of fused-ring (bicyclic) bond motifs is 4. The molecule has 0 atom stereocenters. The molecule has 13 heteroatoms. The number of benzene rings is 1. The highest BCUT2D eigenvalue weighted by molar-refractivity contribution is 5.90. The zero-order chi connectivity index (χ0) is 33.4. The number of imidazole rings is 1. The van der Waals surface area contributed by atoms with E-state index < -0.39 is 0 Å². The van der Waals surface area contributed by atoms with Crippen LogP contribution in [0.3, 0.4) is 0 Å². The number of pyridine rings is 3. The second-order valence-corrected chi connectivity index (χ2v) is 11.7. The first-order valence-corrected chi connectivity index (χ1v) is 15.5. The Bertz CT molecular complexity index is 2440. The van der Waals surface area contributed by atoms with E-state index in [1.165, 1.54) is 5.39 Å². The normalized spacial score (nSPS) is 11.2. The third kappa shape index (κ3) is 6.08. The number of anilines is 4. The minimum Gasteiger partial charge on any atom is -0.383 e. The molecule has 7 aromatic heterocycles. The number of nitrogens with one attached hydrogen (secondary N) is 3. The molecule has 0 amide bonds. The molecule has 8 rings (SSSR count). The number of aromatic nitrogens is 9. The Morgan fingerprint density at radius 3 is 2.02 bits per heavy atom. The standard InChI is InChI=1S/C18H18N6.C17H17N7/c1-10-7-11(2)22-17-15(10)16(19)23-18(24-17)21-9-12-3-4-14-13(8-12)5-6-20-14;1-10-8-11(2)21-15-13(10)14(18)22-17(23-15)20-9-12-4-3-6-24-7-5-19-16(12)24/h3-8,20H,9H2,1-2H3,(H3,19,21,22,23,24);3-8H,9H2,1-2H3,(H3,18,20,21,22,23). The van der Waals surface area contributed by atoms with Crippen molar-refractivity contribution in [3.05, 3.63) is 107 Å². The molecular weight excluding hydrogens is 602 g/mol. The molecular formula is C35H35N13. The van der Waals surface area contributed by atoms with Crippen LogP contribution in [0.25, 0.3) is 38.6 Å². The van der Waals surface area contributed by atoms with E-state index >= 15 is 0 Å². The lowest BCUT2D eigenvalue weighted by molar-refractivity contribution is 1.04. The van der Waals surface area contributed by atoms with Crippen molar-refractivity contribution < 1.29 is 0 Å². The highest BCUT2D eigenvalue weighted by Gasteiger charge is 2.12. The van der Waals surface area contributed by atoms with E-state index in [4.69, 9.17) is 11.5 Å². The van der Waals surface area contributed by atoms with E-state index in [-0.39, 0.29) is 0 Å². The van der Waals surface area contributed by atoms with Gasteiger partial charge >= 0.3 is 0 Å². The van der Waals surface area contributed by atoms with Crippen LogP contribution >= 0.6 is 0 Å². The van der Waals surface area contributed by atoms with Gasteiger partial charge in [0.2, 0.25) is 11.9 Å². The summed E-state index contributed by atoms with van der Waals surface area (Å²) in [5.41, 5.74) is 21.6. The van der Waals surface area contributed by atoms with Crippen LogP contribution in [0, 0.1) is 27.7 Å². The second-order valence-electron chi connectivity index (χ2n) is 11.7. The summed E-state index contributed by atoms with van der Waals surface area (Å²) >= 11 is 0. The molecule has 48 heavy (non-hydrogen) atoms. The van der Waals surface area contributed by atoms with E-state index in [2.05, 4.69) is 74.8 Å². The third-order valence-electron chi connectivity index (χ3n) is 8.05. The van der Waals surface area contributed by atoms with Gasteiger partial charge in [0.1, 0.15) is 17.3 Å². The van der Waals surface area contributed by atoms with Gasteiger partial charge < -0.3 is 31.5 Å². The average molecular weight is 638 g/mol. The summed E-state index contributed by atoms with van der Waals surface area (Å²) in [6.07, 6.45) is 7.59. The minimum absolute atomic E-state index is 0.437. The lowest BCUT2D eigenvalue weighted by atomic mass is 10.1. The van der Waals surface area contributed by atoms with Crippen molar-refractivity contribution >= 4 is 62.1 Å². The Morgan fingerprint density at radius 1 is 0.708 bits per heavy atom. The molecule has 0 aliphatic carbocycles. The van der Waals surface area contributed by atoms with E-state index in [1.54, 1.807) is 6.20 Å². The van der Waals surface area contributed by atoms with Crippen molar-refractivity contribution in [1.82, 2.24) is 44.3 Å². The lowest BCUT2D eigenvalue weighted by Gasteiger charge is -2.10. The molecule has 0 fully saturated rings. The quantitative estimate of drug-likeness (QED) is 0.148. The van der Waals surface area contributed by atoms with Crippen molar-refractivity contribution in [2.45, 2.75) is 40.8 Å². The third-order valence-corrected chi connectivity index (χ3v) is 8.05. The fourth-order valence-corrected chi connectivity index (χ4v) is 5.89. The summed E-state index contributed by atoms with van der Waals surface area (Å²) in [6, 6.07) is 16.3. The second kappa shape index (κ2) is 12.4. The maximum absolute atomic E-state index is 6.10. The highest BCUT2D eigenvalue weighted by Crippen LogP contribution is 2.24.